The third-order valence-corrected chi connectivity index (χ3v) is 46.4. The SMILES string of the molecule is C#C[C@]1(C)CC[C@]2(C)CC[C@]3(C)C4=CC=C5C(=CC(=O)C(O)=C5C)[C@]4(C)CC[C@@]3(C)[C@@H]2C1.CC(=O)[C@]1(C)CC[C@]2(C)CC[C@]3(C)C4=CC=C5C(=CC(=O)C(O)=C5C)[C@]4(C)CC[C@@]3(C)[C@@H]2C1.CC[C@]1(C)CC[C@]2(C)CC[C@]3(C)C4=CC=C5C(=CC(=O)C(O)=C5C)[C@]4(C)CC[C@@]3(C)[C@@H]2C1.CNC(=O)[C@]1(C)CC[C@]2(C)CC[C@]3(C)C4=CC=C5C(=CC(=O)C(O)=C5C)[C@]4(C)CC[C@@]3(C)[C@@H]2C1. The van der Waals surface area contributed by atoms with Gasteiger partial charge in [-0.1, -0.05) is 216 Å². The van der Waals surface area contributed by atoms with Crippen LogP contribution in [0.15, 0.2) is 185 Å². The molecule has 20 rings (SSSR count). The van der Waals surface area contributed by atoms with E-state index in [0.717, 1.165) is 171 Å². The van der Waals surface area contributed by atoms with Gasteiger partial charge in [0.05, 0.1) is 0 Å². The number of carbonyl (C=O) groups excluding carboxylic acids is 6. The van der Waals surface area contributed by atoms with Crippen LogP contribution in [0.2, 0.25) is 0 Å². The van der Waals surface area contributed by atoms with E-state index in [0.29, 0.717) is 56.3 Å². The van der Waals surface area contributed by atoms with Crippen LogP contribution in [0.3, 0.4) is 0 Å². The van der Waals surface area contributed by atoms with Crippen molar-refractivity contribution in [2.24, 2.45) is 132 Å². The lowest BCUT2D eigenvalue weighted by Gasteiger charge is -2.70. The lowest BCUT2D eigenvalue weighted by Crippen LogP contribution is -2.62. The molecule has 0 aromatic carbocycles. The van der Waals surface area contributed by atoms with E-state index in [1.54, 1.807) is 43.8 Å². The Morgan fingerprint density at radius 2 is 0.595 bits per heavy atom. The van der Waals surface area contributed by atoms with Crippen LogP contribution < -0.4 is 5.32 Å². The van der Waals surface area contributed by atoms with Crippen LogP contribution >= 0.6 is 0 Å². The first-order valence-electron chi connectivity index (χ1n) is 51.3. The zero-order valence-corrected chi connectivity index (χ0v) is 85.6. The Labute approximate surface area is 787 Å². The molecule has 5 N–H and O–H groups in total. The average Bonchev–Trinajstić information content (AvgIpc) is 0.687. The number of carbonyl (C=O) groups is 6. The Kier molecular flexibility index (Phi) is 21.8. The van der Waals surface area contributed by atoms with Gasteiger partial charge in [-0.2, -0.15) is 0 Å². The minimum absolute atomic E-state index is 0.00203. The van der Waals surface area contributed by atoms with Crippen molar-refractivity contribution in [3.63, 3.8) is 0 Å². The zero-order chi connectivity index (χ0) is 95.7. The van der Waals surface area contributed by atoms with Gasteiger partial charge >= 0.3 is 0 Å². The molecule has 0 heterocycles. The van der Waals surface area contributed by atoms with E-state index in [1.807, 2.05) is 27.7 Å². The largest absolute Gasteiger partial charge is 0.504 e. The Balaban J connectivity index is 0.000000122. The number of aliphatic hydroxyl groups excluding tert-OH is 4. The third kappa shape index (κ3) is 12.8. The van der Waals surface area contributed by atoms with Crippen LogP contribution in [-0.4, -0.2) is 62.3 Å². The highest BCUT2D eigenvalue weighted by Crippen LogP contribution is 2.82. The van der Waals surface area contributed by atoms with Crippen LogP contribution in [0.4, 0.5) is 0 Å². The van der Waals surface area contributed by atoms with Crippen molar-refractivity contribution < 1.29 is 49.2 Å². The molecule has 11 heteroatoms. The predicted octanol–water partition coefficient (Wildman–Crippen LogP) is 28.8. The number of ketones is 5. The minimum Gasteiger partial charge on any atom is -0.504 e. The van der Waals surface area contributed by atoms with Crippen LogP contribution in [0.25, 0.3) is 0 Å². The van der Waals surface area contributed by atoms with Crippen molar-refractivity contribution in [3.05, 3.63) is 185 Å². The molecular weight excluding hydrogens is 1620 g/mol. The highest BCUT2D eigenvalue weighted by molar-refractivity contribution is 6.09. The maximum absolute atomic E-state index is 12.9. The molecule has 0 saturated heterocycles. The van der Waals surface area contributed by atoms with Crippen LogP contribution in [0.1, 0.15) is 366 Å². The number of terminal acetylenes is 1. The van der Waals surface area contributed by atoms with Gasteiger partial charge in [0.15, 0.2) is 23.0 Å². The van der Waals surface area contributed by atoms with Crippen molar-refractivity contribution in [2.45, 2.75) is 366 Å². The monoisotopic (exact) mass is 1780 g/mol. The Morgan fingerprint density at radius 3 is 0.870 bits per heavy atom. The normalized spacial score (nSPS) is 47.0. The van der Waals surface area contributed by atoms with Crippen LogP contribution in [-0.2, 0) is 28.8 Å². The number of rotatable bonds is 3. The first kappa shape index (κ1) is 95.2. The molecule has 20 aliphatic carbocycles. The summed E-state index contributed by atoms with van der Waals surface area (Å²) in [5.41, 5.74) is 18.9. The fourth-order valence-corrected chi connectivity index (χ4v) is 35.2. The van der Waals surface area contributed by atoms with Crippen molar-refractivity contribution >= 4 is 34.8 Å². The molecule has 24 atom stereocenters. The second kappa shape index (κ2) is 30.0. The fourth-order valence-electron chi connectivity index (χ4n) is 35.2. The molecule has 0 unspecified atom stereocenters. The maximum atomic E-state index is 12.9. The number of hydrogen-bond acceptors (Lipinski definition) is 10. The molecule has 20 aliphatic rings. The maximum Gasteiger partial charge on any atom is 0.225 e. The molecule has 0 spiro atoms. The number of Topliss-reactive ketones (excluding diaryl/α,β-unsaturated/α-hetero) is 1. The Morgan fingerprint density at radius 1 is 0.344 bits per heavy atom. The predicted molar refractivity (Wildman–Crippen MR) is 528 cm³/mol. The quantitative estimate of drug-likeness (QED) is 0.170. The second-order valence-corrected chi connectivity index (χ2v) is 52.3. The summed E-state index contributed by atoms with van der Waals surface area (Å²) < 4.78 is 0. The van der Waals surface area contributed by atoms with Crippen molar-refractivity contribution in [1.82, 2.24) is 5.32 Å². The molecule has 706 valence electrons. The van der Waals surface area contributed by atoms with Gasteiger partial charge in [-0.25, -0.2) is 0 Å². The first-order valence-corrected chi connectivity index (χ1v) is 51.3. The molecule has 0 radical (unpaired) electrons. The van der Waals surface area contributed by atoms with Gasteiger partial charge in [0, 0.05) is 67.2 Å². The molecule has 131 heavy (non-hydrogen) atoms. The summed E-state index contributed by atoms with van der Waals surface area (Å²) >= 11 is 0. The first-order chi connectivity index (χ1) is 60.6. The van der Waals surface area contributed by atoms with E-state index in [9.17, 15) is 49.2 Å². The molecule has 0 aromatic heterocycles. The second-order valence-electron chi connectivity index (χ2n) is 52.3. The van der Waals surface area contributed by atoms with Gasteiger partial charge in [-0.3, -0.25) is 28.8 Å². The van der Waals surface area contributed by atoms with Gasteiger partial charge in [-0.15, -0.1) is 12.3 Å². The lowest BCUT2D eigenvalue weighted by atomic mass is 9.34. The lowest BCUT2D eigenvalue weighted by molar-refractivity contribution is -0.169. The van der Waals surface area contributed by atoms with Gasteiger partial charge in [0.1, 0.15) is 5.78 Å². The Hall–Kier alpha value is -7.58. The summed E-state index contributed by atoms with van der Waals surface area (Å²) in [5.74, 6) is 4.61. The molecule has 0 aliphatic heterocycles. The van der Waals surface area contributed by atoms with Crippen LogP contribution in [0.5, 0.6) is 0 Å². The van der Waals surface area contributed by atoms with E-state index < -0.39 is 0 Å². The number of hydrogen-bond donors (Lipinski definition) is 5. The van der Waals surface area contributed by atoms with E-state index in [4.69, 9.17) is 6.42 Å². The van der Waals surface area contributed by atoms with Gasteiger partial charge in [0.25, 0.3) is 0 Å². The highest BCUT2D eigenvalue weighted by Gasteiger charge is 2.73. The summed E-state index contributed by atoms with van der Waals surface area (Å²) in [7, 11) is 1.77. The summed E-state index contributed by atoms with van der Waals surface area (Å²) in [4.78, 5) is 76.0. The summed E-state index contributed by atoms with van der Waals surface area (Å²) in [6.07, 6.45) is 64.3. The molecule has 0 bridgehead atoms. The molecule has 0 aromatic rings. The molecule has 12 fully saturated rings. The molecule has 11 nitrogen and oxygen atoms in total. The number of allylic oxidation sites excluding steroid dienone is 28. The zero-order valence-electron chi connectivity index (χ0n) is 85.6. The van der Waals surface area contributed by atoms with Crippen molar-refractivity contribution in [2.75, 3.05) is 7.05 Å². The topological polar surface area (TPSA) is 195 Å². The summed E-state index contributed by atoms with van der Waals surface area (Å²) in [6, 6.07) is 0. The highest BCUT2D eigenvalue weighted by atomic mass is 16.3. The van der Waals surface area contributed by atoms with E-state index in [1.165, 1.54) is 93.8 Å². The van der Waals surface area contributed by atoms with E-state index >= 15 is 0 Å². The number of aliphatic hydroxyl groups is 4. The molecule has 1 amide bonds. The summed E-state index contributed by atoms with van der Waals surface area (Å²) in [6.45, 7) is 60.5. The van der Waals surface area contributed by atoms with E-state index in [2.05, 4.69) is 205 Å². The van der Waals surface area contributed by atoms with Gasteiger partial charge in [0.2, 0.25) is 29.0 Å². The fraction of sp³-hybridized carbons (Fsp3) is 0.667. The standard InChI is InChI=1S/C30H41NO3.C30H40O3.C30H42O2.C30H38O2/c1-18-19-8-9-22-28(4,20(19)16-21(32)24(18)33)13-15-30(6)23-17-27(3,25(34)31-7)11-10-26(23,2)12-14-29(22,30)5;1-18-20-8-9-23-28(5,21(20)16-22(32)25(18)33)13-15-30(7)24-17-27(4,19(2)31)11-10-26(24,3)12-14-29(23,30)6;2*1-8-26(3)11-12-27(4)13-15-29(6)23-10-9-20-19(2)25(32)22(31)17-21(20)28(23,5)14-16-30(29,7)24(27)18-26/h8-9,16,23,33H,10-15,17H2,1-7H3,(H,31,34);8-9,16,24,33H,10-15,17H2,1-7H3;9-10,17,24,32H,8,11-16,18H2,1-7H3;1,9-10,17,24,32H,11-16,18H2,2-7H3/t23-,26-,27-,28+,29-,30+;3*24-,26-,27-,28+,29-,30+/m1111/s1. The van der Waals surface area contributed by atoms with Gasteiger partial charge in [-0.05, 0) is 384 Å². The minimum atomic E-state index is -0.313. The number of amides is 1. The van der Waals surface area contributed by atoms with Crippen molar-refractivity contribution in [3.8, 4) is 12.3 Å². The summed E-state index contributed by atoms with van der Waals surface area (Å²) in [5, 5.41) is 44.1. The number of fused-ring (bicyclic) bond motifs is 28. The van der Waals surface area contributed by atoms with Crippen molar-refractivity contribution in [1.29, 1.82) is 0 Å². The third-order valence-electron chi connectivity index (χ3n) is 46.4. The van der Waals surface area contributed by atoms with E-state index in [-0.39, 0.29) is 139 Å². The molecular formula is C120H161NO10. The smallest absolute Gasteiger partial charge is 0.225 e. The molecule has 12 saturated carbocycles. The van der Waals surface area contributed by atoms with Gasteiger partial charge < -0.3 is 25.7 Å². The van der Waals surface area contributed by atoms with Crippen LogP contribution in [0, 0.1) is 144 Å². The average molecular weight is 1780 g/mol. The number of nitrogens with one attached hydrogen (secondary N) is 1. The Bertz CT molecular complexity index is 5720.